The molecule has 2 fully saturated rings. The van der Waals surface area contributed by atoms with Crippen LogP contribution in [0.15, 0.2) is 24.3 Å². The van der Waals surface area contributed by atoms with E-state index in [2.05, 4.69) is 20.4 Å². The molecule has 2 heterocycles. The number of halogens is 1. The van der Waals surface area contributed by atoms with Gasteiger partial charge in [0.05, 0.1) is 6.54 Å². The van der Waals surface area contributed by atoms with Crippen molar-refractivity contribution in [3.8, 4) is 0 Å². The summed E-state index contributed by atoms with van der Waals surface area (Å²) in [6, 6.07) is 6.23. The molecule has 2 aliphatic heterocycles. The van der Waals surface area contributed by atoms with E-state index < -0.39 is 6.04 Å². The van der Waals surface area contributed by atoms with Gasteiger partial charge in [-0.25, -0.2) is 4.39 Å². The monoisotopic (exact) mass is 376 g/mol. The van der Waals surface area contributed by atoms with E-state index in [-0.39, 0.29) is 17.6 Å². The van der Waals surface area contributed by atoms with Crippen molar-refractivity contribution in [1.29, 1.82) is 0 Å². The first kappa shape index (κ1) is 19.8. The van der Waals surface area contributed by atoms with Crippen molar-refractivity contribution in [2.45, 2.75) is 38.3 Å². The number of nitrogens with one attached hydrogen (secondary N) is 2. The van der Waals surface area contributed by atoms with Crippen LogP contribution in [0.3, 0.4) is 0 Å². The standard InChI is InChI=1S/C20H29FN4O2/c21-17-7-5-16(6-8-17)14-24-10-3-11-25(13-12-24)15-19(26)23-18-4-1-2-9-22-20(18)27/h5-8,18H,1-4,9-15H2,(H,22,27)(H,23,26)/t18-/m0/s1. The number of benzene rings is 1. The Bertz CT molecular complexity index is 637. The lowest BCUT2D eigenvalue weighted by atomic mass is 10.1. The first-order valence-electron chi connectivity index (χ1n) is 9.86. The summed E-state index contributed by atoms with van der Waals surface area (Å²) in [5, 5.41) is 5.74. The third-order valence-corrected chi connectivity index (χ3v) is 5.24. The highest BCUT2D eigenvalue weighted by atomic mass is 19.1. The minimum absolute atomic E-state index is 0.0674. The number of carbonyl (C=O) groups excluding carboxylic acids is 2. The molecule has 0 spiro atoms. The van der Waals surface area contributed by atoms with Crippen LogP contribution >= 0.6 is 0 Å². The van der Waals surface area contributed by atoms with Gasteiger partial charge in [-0.3, -0.25) is 19.4 Å². The molecular weight excluding hydrogens is 347 g/mol. The van der Waals surface area contributed by atoms with Gasteiger partial charge in [0.25, 0.3) is 0 Å². The van der Waals surface area contributed by atoms with Crippen LogP contribution in [-0.2, 0) is 16.1 Å². The molecule has 7 heteroatoms. The Morgan fingerprint density at radius 1 is 1.07 bits per heavy atom. The van der Waals surface area contributed by atoms with Gasteiger partial charge >= 0.3 is 0 Å². The topological polar surface area (TPSA) is 64.7 Å². The van der Waals surface area contributed by atoms with Crippen molar-refractivity contribution in [1.82, 2.24) is 20.4 Å². The molecule has 2 N–H and O–H groups in total. The Kier molecular flexibility index (Phi) is 7.18. The number of rotatable bonds is 5. The van der Waals surface area contributed by atoms with Gasteiger partial charge in [-0.05, 0) is 56.5 Å². The van der Waals surface area contributed by atoms with Crippen molar-refractivity contribution >= 4 is 11.8 Å². The second-order valence-electron chi connectivity index (χ2n) is 7.44. The first-order valence-corrected chi connectivity index (χ1v) is 9.86. The van der Waals surface area contributed by atoms with Crippen LogP contribution in [0.25, 0.3) is 0 Å². The molecule has 1 aromatic rings. The lowest BCUT2D eigenvalue weighted by Crippen LogP contribution is -2.49. The van der Waals surface area contributed by atoms with Gasteiger partial charge in [-0.1, -0.05) is 12.1 Å². The quantitative estimate of drug-likeness (QED) is 0.808. The fourth-order valence-corrected chi connectivity index (χ4v) is 3.71. The highest BCUT2D eigenvalue weighted by Gasteiger charge is 2.24. The fourth-order valence-electron chi connectivity index (χ4n) is 3.71. The van der Waals surface area contributed by atoms with Gasteiger partial charge in [0, 0.05) is 26.2 Å². The molecule has 0 bridgehead atoms. The van der Waals surface area contributed by atoms with Gasteiger partial charge < -0.3 is 10.6 Å². The normalized spacial score (nSPS) is 22.6. The van der Waals surface area contributed by atoms with Crippen LogP contribution in [0.2, 0.25) is 0 Å². The third-order valence-electron chi connectivity index (χ3n) is 5.24. The summed E-state index contributed by atoms with van der Waals surface area (Å²) in [4.78, 5) is 28.8. The number of nitrogens with zero attached hydrogens (tertiary/aromatic N) is 2. The SMILES string of the molecule is O=C(CN1CCCN(Cc2ccc(F)cc2)CC1)N[C@H]1CCCCNC1=O. The summed E-state index contributed by atoms with van der Waals surface area (Å²) in [7, 11) is 0. The fraction of sp³-hybridized carbons (Fsp3) is 0.600. The van der Waals surface area contributed by atoms with Crippen molar-refractivity contribution in [2.24, 2.45) is 0 Å². The Morgan fingerprint density at radius 3 is 2.63 bits per heavy atom. The summed E-state index contributed by atoms with van der Waals surface area (Å²) in [6.45, 7) is 5.32. The average Bonchev–Trinajstić information content (AvgIpc) is 2.98. The second kappa shape index (κ2) is 9.80. The maximum Gasteiger partial charge on any atom is 0.242 e. The van der Waals surface area contributed by atoms with Crippen LogP contribution in [0.1, 0.15) is 31.2 Å². The minimum Gasteiger partial charge on any atom is -0.354 e. The maximum absolute atomic E-state index is 13.0. The van der Waals surface area contributed by atoms with E-state index in [9.17, 15) is 14.0 Å². The zero-order valence-corrected chi connectivity index (χ0v) is 15.8. The molecule has 2 saturated heterocycles. The maximum atomic E-state index is 13.0. The molecular formula is C20H29FN4O2. The largest absolute Gasteiger partial charge is 0.354 e. The Morgan fingerprint density at radius 2 is 1.81 bits per heavy atom. The molecule has 1 atom stereocenters. The summed E-state index contributed by atoms with van der Waals surface area (Å²) < 4.78 is 13.0. The molecule has 148 valence electrons. The molecule has 1 aromatic carbocycles. The molecule has 0 aliphatic carbocycles. The molecule has 3 rings (SSSR count). The van der Waals surface area contributed by atoms with Crippen molar-refractivity contribution in [2.75, 3.05) is 39.3 Å². The smallest absolute Gasteiger partial charge is 0.242 e. The van der Waals surface area contributed by atoms with Crippen LogP contribution in [0, 0.1) is 5.82 Å². The Hall–Kier alpha value is -1.99. The number of carbonyl (C=O) groups is 2. The average molecular weight is 376 g/mol. The predicted molar refractivity (Wildman–Crippen MR) is 102 cm³/mol. The van der Waals surface area contributed by atoms with E-state index >= 15 is 0 Å². The molecule has 27 heavy (non-hydrogen) atoms. The Labute approximate surface area is 160 Å². The van der Waals surface area contributed by atoms with E-state index in [0.717, 1.165) is 57.5 Å². The van der Waals surface area contributed by atoms with Gasteiger partial charge in [-0.15, -0.1) is 0 Å². The van der Waals surface area contributed by atoms with Gasteiger partial charge in [0.15, 0.2) is 0 Å². The highest BCUT2D eigenvalue weighted by Crippen LogP contribution is 2.10. The van der Waals surface area contributed by atoms with Crippen molar-refractivity contribution < 1.29 is 14.0 Å². The summed E-state index contributed by atoms with van der Waals surface area (Å²) in [5.41, 5.74) is 1.10. The zero-order chi connectivity index (χ0) is 19.1. The molecule has 2 amide bonds. The summed E-state index contributed by atoms with van der Waals surface area (Å²) in [6.07, 6.45) is 3.61. The van der Waals surface area contributed by atoms with Crippen LogP contribution in [-0.4, -0.2) is 66.9 Å². The van der Waals surface area contributed by atoms with Crippen LogP contribution in [0.4, 0.5) is 4.39 Å². The molecule has 0 saturated carbocycles. The van der Waals surface area contributed by atoms with Crippen molar-refractivity contribution in [3.63, 3.8) is 0 Å². The van der Waals surface area contributed by atoms with E-state index in [1.807, 2.05) is 12.1 Å². The molecule has 2 aliphatic rings. The number of hydrogen-bond acceptors (Lipinski definition) is 4. The summed E-state index contributed by atoms with van der Waals surface area (Å²) >= 11 is 0. The van der Waals surface area contributed by atoms with E-state index in [1.54, 1.807) is 0 Å². The van der Waals surface area contributed by atoms with Gasteiger partial charge in [0.2, 0.25) is 11.8 Å². The van der Waals surface area contributed by atoms with Crippen LogP contribution < -0.4 is 10.6 Å². The van der Waals surface area contributed by atoms with E-state index in [4.69, 9.17) is 0 Å². The Balaban J connectivity index is 1.44. The minimum atomic E-state index is -0.401. The highest BCUT2D eigenvalue weighted by molar-refractivity contribution is 5.88. The lowest BCUT2D eigenvalue weighted by molar-refractivity contribution is -0.129. The number of amides is 2. The molecule has 0 aromatic heterocycles. The summed E-state index contributed by atoms with van der Waals surface area (Å²) in [5.74, 6) is -0.361. The van der Waals surface area contributed by atoms with Gasteiger partial charge in [-0.2, -0.15) is 0 Å². The third kappa shape index (κ3) is 6.29. The second-order valence-corrected chi connectivity index (χ2v) is 7.44. The predicted octanol–water partition coefficient (Wildman–Crippen LogP) is 1.12. The molecule has 0 unspecified atom stereocenters. The molecule has 6 nitrogen and oxygen atoms in total. The van der Waals surface area contributed by atoms with Gasteiger partial charge in [0.1, 0.15) is 11.9 Å². The first-order chi connectivity index (χ1) is 13.1. The number of hydrogen-bond donors (Lipinski definition) is 2. The van der Waals surface area contributed by atoms with E-state index in [1.165, 1.54) is 12.1 Å². The zero-order valence-electron chi connectivity index (χ0n) is 15.8. The van der Waals surface area contributed by atoms with E-state index in [0.29, 0.717) is 19.5 Å². The lowest BCUT2D eigenvalue weighted by Gasteiger charge is -2.22. The van der Waals surface area contributed by atoms with Crippen LogP contribution in [0.5, 0.6) is 0 Å². The molecule has 0 radical (unpaired) electrons. The van der Waals surface area contributed by atoms with Crippen molar-refractivity contribution in [3.05, 3.63) is 35.6 Å².